The number of nitrogens with zero attached hydrogens (tertiary/aromatic N) is 1. The number of anilines is 1. The number of hydrogen-bond donors (Lipinski definition) is 1. The lowest BCUT2D eigenvalue weighted by Crippen LogP contribution is -2.13. The van der Waals surface area contributed by atoms with Gasteiger partial charge in [-0.15, -0.1) is 0 Å². The number of para-hydroxylation sites is 1. The molecule has 1 aromatic heterocycles. The van der Waals surface area contributed by atoms with Crippen LogP contribution in [0.1, 0.15) is 5.76 Å². The Morgan fingerprint density at radius 3 is 2.46 bits per heavy atom. The van der Waals surface area contributed by atoms with Crippen LogP contribution >= 0.6 is 23.2 Å². The minimum Gasteiger partial charge on any atom is -0.457 e. The normalized spacial score (nSPS) is 11.0. The standard InChI is InChI=1S/C20H12Cl2N2O2/c21-15-7-5-13(6-8-15)19-10-9-16(26-19)11-14(12-23)20(25)24-18-4-2-1-3-17(18)22/h1-11H,(H,24,25)/b14-11+. The van der Waals surface area contributed by atoms with Gasteiger partial charge in [0, 0.05) is 16.7 Å². The van der Waals surface area contributed by atoms with E-state index in [2.05, 4.69) is 5.32 Å². The van der Waals surface area contributed by atoms with Crippen LogP contribution in [0.15, 0.2) is 70.7 Å². The third kappa shape index (κ3) is 4.15. The Labute approximate surface area is 160 Å². The number of carbonyl (C=O) groups is 1. The third-order valence-corrected chi connectivity index (χ3v) is 4.11. The molecule has 0 radical (unpaired) electrons. The van der Waals surface area contributed by atoms with Gasteiger partial charge in [0.05, 0.1) is 10.7 Å². The monoisotopic (exact) mass is 382 g/mol. The first-order chi connectivity index (χ1) is 12.6. The average Bonchev–Trinajstić information content (AvgIpc) is 3.10. The summed E-state index contributed by atoms with van der Waals surface area (Å²) in [7, 11) is 0. The Morgan fingerprint density at radius 1 is 1.04 bits per heavy atom. The molecule has 4 nitrogen and oxygen atoms in total. The number of furan rings is 1. The summed E-state index contributed by atoms with van der Waals surface area (Å²) in [5.74, 6) is 0.433. The summed E-state index contributed by atoms with van der Waals surface area (Å²) in [4.78, 5) is 12.3. The predicted octanol–water partition coefficient (Wildman–Crippen LogP) is 5.80. The van der Waals surface area contributed by atoms with Crippen LogP contribution in [0.25, 0.3) is 17.4 Å². The molecule has 0 bridgehead atoms. The van der Waals surface area contributed by atoms with Crippen molar-refractivity contribution in [3.63, 3.8) is 0 Å². The fraction of sp³-hybridized carbons (Fsp3) is 0. The van der Waals surface area contributed by atoms with Crippen LogP contribution in [0.3, 0.4) is 0 Å². The van der Waals surface area contributed by atoms with Crippen LogP contribution < -0.4 is 5.32 Å². The molecular weight excluding hydrogens is 371 g/mol. The van der Waals surface area contributed by atoms with Gasteiger partial charge in [-0.3, -0.25) is 4.79 Å². The zero-order chi connectivity index (χ0) is 18.5. The molecule has 0 unspecified atom stereocenters. The second kappa shape index (κ2) is 7.92. The number of hydrogen-bond acceptors (Lipinski definition) is 3. The number of halogens is 2. The number of nitriles is 1. The maximum atomic E-state index is 12.3. The van der Waals surface area contributed by atoms with Crippen molar-refractivity contribution in [1.82, 2.24) is 0 Å². The van der Waals surface area contributed by atoms with Crippen LogP contribution in [0.5, 0.6) is 0 Å². The molecule has 0 atom stereocenters. The fourth-order valence-electron chi connectivity index (χ4n) is 2.24. The highest BCUT2D eigenvalue weighted by atomic mass is 35.5. The van der Waals surface area contributed by atoms with Crippen molar-refractivity contribution in [1.29, 1.82) is 5.26 Å². The van der Waals surface area contributed by atoms with E-state index in [1.165, 1.54) is 6.08 Å². The van der Waals surface area contributed by atoms with E-state index in [-0.39, 0.29) is 5.57 Å². The molecule has 1 N–H and O–H groups in total. The highest BCUT2D eigenvalue weighted by molar-refractivity contribution is 6.34. The Morgan fingerprint density at radius 2 is 1.77 bits per heavy atom. The smallest absolute Gasteiger partial charge is 0.266 e. The van der Waals surface area contributed by atoms with Crippen molar-refractivity contribution in [2.24, 2.45) is 0 Å². The molecule has 0 aliphatic rings. The topological polar surface area (TPSA) is 66.0 Å². The summed E-state index contributed by atoms with van der Waals surface area (Å²) in [5, 5.41) is 12.9. The van der Waals surface area contributed by atoms with E-state index in [0.717, 1.165) is 5.56 Å². The maximum absolute atomic E-state index is 12.3. The summed E-state index contributed by atoms with van der Waals surface area (Å²) in [5.41, 5.74) is 1.18. The van der Waals surface area contributed by atoms with Gasteiger partial charge in [-0.1, -0.05) is 35.3 Å². The molecule has 3 rings (SSSR count). The van der Waals surface area contributed by atoms with Gasteiger partial charge in [-0.05, 0) is 48.5 Å². The van der Waals surface area contributed by atoms with Crippen LogP contribution in [0, 0.1) is 11.3 Å². The molecule has 0 fully saturated rings. The molecule has 0 aliphatic carbocycles. The first-order valence-corrected chi connectivity index (χ1v) is 8.36. The van der Waals surface area contributed by atoms with Gasteiger partial charge in [0.2, 0.25) is 0 Å². The Balaban J connectivity index is 1.81. The summed E-state index contributed by atoms with van der Waals surface area (Å²) in [6, 6.07) is 19.3. The quantitative estimate of drug-likeness (QED) is 0.457. The number of benzene rings is 2. The van der Waals surface area contributed by atoms with Crippen molar-refractivity contribution in [3.05, 3.63) is 82.0 Å². The lowest BCUT2D eigenvalue weighted by atomic mass is 10.2. The van der Waals surface area contributed by atoms with Gasteiger partial charge in [0.1, 0.15) is 23.2 Å². The Bertz CT molecular complexity index is 1010. The maximum Gasteiger partial charge on any atom is 0.266 e. The number of rotatable bonds is 4. The minimum atomic E-state index is -0.565. The third-order valence-electron chi connectivity index (χ3n) is 3.53. The van der Waals surface area contributed by atoms with Gasteiger partial charge in [0.25, 0.3) is 5.91 Å². The predicted molar refractivity (Wildman–Crippen MR) is 103 cm³/mol. The van der Waals surface area contributed by atoms with Crippen molar-refractivity contribution >= 4 is 40.9 Å². The molecule has 0 aliphatic heterocycles. The second-order valence-electron chi connectivity index (χ2n) is 5.31. The zero-order valence-corrected chi connectivity index (χ0v) is 14.9. The molecule has 128 valence electrons. The Kier molecular flexibility index (Phi) is 5.43. The van der Waals surface area contributed by atoms with E-state index < -0.39 is 5.91 Å². The molecule has 26 heavy (non-hydrogen) atoms. The number of carbonyl (C=O) groups excluding carboxylic acids is 1. The summed E-state index contributed by atoms with van der Waals surface area (Å²) in [6.45, 7) is 0. The summed E-state index contributed by atoms with van der Waals surface area (Å²) in [6.07, 6.45) is 1.38. The van der Waals surface area contributed by atoms with E-state index in [0.29, 0.717) is 27.3 Å². The molecule has 6 heteroatoms. The second-order valence-corrected chi connectivity index (χ2v) is 6.16. The van der Waals surface area contributed by atoms with Gasteiger partial charge >= 0.3 is 0 Å². The van der Waals surface area contributed by atoms with Crippen molar-refractivity contribution in [2.45, 2.75) is 0 Å². The molecule has 0 saturated carbocycles. The largest absolute Gasteiger partial charge is 0.457 e. The molecule has 0 spiro atoms. The van der Waals surface area contributed by atoms with Gasteiger partial charge in [-0.2, -0.15) is 5.26 Å². The molecule has 1 heterocycles. The first-order valence-electron chi connectivity index (χ1n) is 7.60. The fourth-order valence-corrected chi connectivity index (χ4v) is 2.55. The number of amides is 1. The van der Waals surface area contributed by atoms with E-state index in [1.54, 1.807) is 48.5 Å². The van der Waals surface area contributed by atoms with Crippen LogP contribution in [0.4, 0.5) is 5.69 Å². The molecule has 0 saturated heterocycles. The highest BCUT2D eigenvalue weighted by Gasteiger charge is 2.12. The molecule has 3 aromatic rings. The van der Waals surface area contributed by atoms with Crippen molar-refractivity contribution in [3.8, 4) is 17.4 Å². The van der Waals surface area contributed by atoms with Gasteiger partial charge in [-0.25, -0.2) is 0 Å². The summed E-state index contributed by atoms with van der Waals surface area (Å²) < 4.78 is 5.69. The number of nitrogens with one attached hydrogen (secondary N) is 1. The Hall–Kier alpha value is -3.00. The van der Waals surface area contributed by atoms with Gasteiger partial charge in [0.15, 0.2) is 0 Å². The van der Waals surface area contributed by atoms with E-state index >= 15 is 0 Å². The SMILES string of the molecule is N#C/C(=C\c1ccc(-c2ccc(Cl)cc2)o1)C(=O)Nc1ccccc1Cl. The van der Waals surface area contributed by atoms with Gasteiger partial charge < -0.3 is 9.73 Å². The van der Waals surface area contributed by atoms with Crippen LogP contribution in [-0.4, -0.2) is 5.91 Å². The minimum absolute atomic E-state index is 0.0954. The van der Waals surface area contributed by atoms with E-state index in [1.807, 2.05) is 18.2 Å². The van der Waals surface area contributed by atoms with Crippen LogP contribution in [-0.2, 0) is 4.79 Å². The highest BCUT2D eigenvalue weighted by Crippen LogP contribution is 2.25. The zero-order valence-electron chi connectivity index (χ0n) is 13.4. The summed E-state index contributed by atoms with van der Waals surface area (Å²) >= 11 is 11.9. The molecule has 2 aromatic carbocycles. The first kappa shape index (κ1) is 17.8. The molecule has 1 amide bonds. The van der Waals surface area contributed by atoms with Crippen molar-refractivity contribution < 1.29 is 9.21 Å². The van der Waals surface area contributed by atoms with E-state index in [4.69, 9.17) is 27.6 Å². The molecular formula is C20H12Cl2N2O2. The average molecular weight is 383 g/mol. The lowest BCUT2D eigenvalue weighted by Gasteiger charge is -2.05. The van der Waals surface area contributed by atoms with Crippen LogP contribution in [0.2, 0.25) is 10.0 Å². The van der Waals surface area contributed by atoms with E-state index in [9.17, 15) is 10.1 Å². The lowest BCUT2D eigenvalue weighted by molar-refractivity contribution is -0.112. The van der Waals surface area contributed by atoms with Crippen molar-refractivity contribution in [2.75, 3.05) is 5.32 Å².